The van der Waals surface area contributed by atoms with E-state index in [2.05, 4.69) is 16.0 Å². The number of rotatable bonds is 11. The molecule has 0 aliphatic carbocycles. The SMILES string of the molecule is CC(NC(=O)C(CCC(N)=O)NC(=O)C(CO)NC(=O)CN)C(=O)O. The largest absolute Gasteiger partial charge is 0.480 e. The maximum atomic E-state index is 12.1. The van der Waals surface area contributed by atoms with E-state index in [1.54, 1.807) is 0 Å². The molecule has 0 saturated carbocycles. The molecule has 0 fully saturated rings. The summed E-state index contributed by atoms with van der Waals surface area (Å²) in [6, 6.07) is -3.88. The van der Waals surface area contributed by atoms with E-state index in [0.29, 0.717) is 0 Å². The van der Waals surface area contributed by atoms with Crippen molar-refractivity contribution in [3.05, 3.63) is 0 Å². The van der Waals surface area contributed by atoms with Gasteiger partial charge in [-0.25, -0.2) is 0 Å². The van der Waals surface area contributed by atoms with Crippen molar-refractivity contribution in [2.24, 2.45) is 11.5 Å². The molecule has 0 bridgehead atoms. The Morgan fingerprint density at radius 1 is 1.00 bits per heavy atom. The second-order valence-electron chi connectivity index (χ2n) is 5.14. The molecule has 3 unspecified atom stereocenters. The first-order chi connectivity index (χ1) is 11.6. The van der Waals surface area contributed by atoms with Gasteiger partial charge in [-0.15, -0.1) is 0 Å². The van der Waals surface area contributed by atoms with Crippen molar-refractivity contribution in [2.75, 3.05) is 13.2 Å². The summed E-state index contributed by atoms with van der Waals surface area (Å²) in [6.07, 6.45) is -0.443. The summed E-state index contributed by atoms with van der Waals surface area (Å²) in [5, 5.41) is 24.5. The number of aliphatic hydroxyl groups excluding tert-OH is 1. The van der Waals surface area contributed by atoms with Crippen LogP contribution in [0.4, 0.5) is 0 Å². The molecule has 12 heteroatoms. The minimum Gasteiger partial charge on any atom is -0.480 e. The van der Waals surface area contributed by atoms with Crippen LogP contribution in [0.2, 0.25) is 0 Å². The van der Waals surface area contributed by atoms with E-state index in [4.69, 9.17) is 21.7 Å². The average Bonchev–Trinajstić information content (AvgIpc) is 2.55. The number of primary amides is 1. The van der Waals surface area contributed by atoms with Gasteiger partial charge in [0.15, 0.2) is 0 Å². The van der Waals surface area contributed by atoms with Gasteiger partial charge in [0, 0.05) is 6.42 Å². The number of nitrogens with two attached hydrogens (primary N) is 2. The number of carboxylic acids is 1. The Kier molecular flexibility index (Phi) is 9.74. The minimum absolute atomic E-state index is 0.192. The van der Waals surface area contributed by atoms with E-state index >= 15 is 0 Å². The Morgan fingerprint density at radius 2 is 1.56 bits per heavy atom. The molecule has 0 aliphatic heterocycles. The van der Waals surface area contributed by atoms with Crippen LogP contribution in [0.15, 0.2) is 0 Å². The molecule has 0 aliphatic rings. The normalized spacial score (nSPS) is 13.9. The van der Waals surface area contributed by atoms with Gasteiger partial charge in [0.05, 0.1) is 13.2 Å². The maximum absolute atomic E-state index is 12.1. The highest BCUT2D eigenvalue weighted by molar-refractivity contribution is 5.93. The minimum atomic E-state index is -1.36. The van der Waals surface area contributed by atoms with Crippen LogP contribution in [0.5, 0.6) is 0 Å². The second-order valence-corrected chi connectivity index (χ2v) is 5.14. The van der Waals surface area contributed by atoms with Gasteiger partial charge in [0.1, 0.15) is 18.1 Å². The first kappa shape index (κ1) is 22.3. The van der Waals surface area contributed by atoms with Crippen LogP contribution >= 0.6 is 0 Å². The van der Waals surface area contributed by atoms with E-state index < -0.39 is 60.9 Å². The van der Waals surface area contributed by atoms with Crippen molar-refractivity contribution < 1.29 is 34.2 Å². The standard InChI is InChI=1S/C13H23N5O7/c1-6(13(24)25)16-11(22)7(2-3-9(15)20)18-12(23)8(5-19)17-10(21)4-14/h6-8,19H,2-5,14H2,1H3,(H2,15,20)(H,16,22)(H,17,21)(H,18,23)(H,24,25). The molecule has 0 heterocycles. The van der Waals surface area contributed by atoms with Gasteiger partial charge in [-0.1, -0.05) is 0 Å². The number of aliphatic carboxylic acids is 1. The third kappa shape index (κ3) is 8.62. The molecule has 0 rings (SSSR count). The van der Waals surface area contributed by atoms with E-state index in [1.165, 1.54) is 6.92 Å². The number of hydrogen-bond acceptors (Lipinski definition) is 7. The van der Waals surface area contributed by atoms with Crippen molar-refractivity contribution in [3.8, 4) is 0 Å². The summed E-state index contributed by atoms with van der Waals surface area (Å²) >= 11 is 0. The molecule has 9 N–H and O–H groups in total. The molecular formula is C13H23N5O7. The number of aliphatic hydroxyl groups is 1. The zero-order chi connectivity index (χ0) is 19.6. The number of amides is 4. The summed E-state index contributed by atoms with van der Waals surface area (Å²) in [5.74, 6) is -4.49. The fourth-order valence-electron chi connectivity index (χ4n) is 1.65. The fraction of sp³-hybridized carbons (Fsp3) is 0.615. The molecule has 3 atom stereocenters. The Hall–Kier alpha value is -2.73. The summed E-state index contributed by atoms with van der Waals surface area (Å²) in [5.41, 5.74) is 10.1. The molecule has 142 valence electrons. The Bertz CT molecular complexity index is 525. The van der Waals surface area contributed by atoms with Crippen LogP contribution in [0.1, 0.15) is 19.8 Å². The van der Waals surface area contributed by atoms with Gasteiger partial charge in [0.2, 0.25) is 23.6 Å². The quantitative estimate of drug-likeness (QED) is 0.191. The maximum Gasteiger partial charge on any atom is 0.325 e. The summed E-state index contributed by atoms with van der Waals surface area (Å²) in [6.45, 7) is 0.0456. The fourth-order valence-corrected chi connectivity index (χ4v) is 1.65. The molecule has 0 aromatic carbocycles. The first-order valence-electron chi connectivity index (χ1n) is 7.34. The highest BCUT2D eigenvalue weighted by atomic mass is 16.4. The predicted molar refractivity (Wildman–Crippen MR) is 83.7 cm³/mol. The van der Waals surface area contributed by atoms with Crippen LogP contribution in [-0.4, -0.2) is 71.1 Å². The lowest BCUT2D eigenvalue weighted by molar-refractivity contribution is -0.142. The topological polar surface area (TPSA) is 214 Å². The van der Waals surface area contributed by atoms with Crippen molar-refractivity contribution in [1.29, 1.82) is 0 Å². The number of carbonyl (C=O) groups is 5. The molecule has 0 saturated heterocycles. The second kappa shape index (κ2) is 10.9. The monoisotopic (exact) mass is 361 g/mol. The molecule has 0 spiro atoms. The van der Waals surface area contributed by atoms with Gasteiger partial charge in [-0.3, -0.25) is 24.0 Å². The predicted octanol–water partition coefficient (Wildman–Crippen LogP) is -4.24. The zero-order valence-electron chi connectivity index (χ0n) is 13.7. The van der Waals surface area contributed by atoms with E-state index in [1.807, 2.05) is 0 Å². The summed E-state index contributed by atoms with van der Waals surface area (Å²) in [7, 11) is 0. The van der Waals surface area contributed by atoms with Crippen LogP contribution < -0.4 is 27.4 Å². The van der Waals surface area contributed by atoms with Crippen molar-refractivity contribution >= 4 is 29.6 Å². The molecule has 0 aromatic heterocycles. The molecule has 12 nitrogen and oxygen atoms in total. The molecule has 25 heavy (non-hydrogen) atoms. The molecule has 0 aromatic rings. The zero-order valence-corrected chi connectivity index (χ0v) is 13.7. The van der Waals surface area contributed by atoms with Gasteiger partial charge in [-0.05, 0) is 13.3 Å². The molecular weight excluding hydrogens is 338 g/mol. The number of nitrogens with one attached hydrogen (secondary N) is 3. The van der Waals surface area contributed by atoms with Gasteiger partial charge >= 0.3 is 5.97 Å². The van der Waals surface area contributed by atoms with Crippen LogP contribution in [-0.2, 0) is 24.0 Å². The van der Waals surface area contributed by atoms with Crippen LogP contribution in [0, 0.1) is 0 Å². The van der Waals surface area contributed by atoms with Crippen molar-refractivity contribution in [1.82, 2.24) is 16.0 Å². The average molecular weight is 361 g/mol. The molecule has 4 amide bonds. The van der Waals surface area contributed by atoms with E-state index in [-0.39, 0.29) is 12.8 Å². The lowest BCUT2D eigenvalue weighted by Crippen LogP contribution is -2.56. The van der Waals surface area contributed by atoms with Gasteiger partial charge in [0.25, 0.3) is 0 Å². The van der Waals surface area contributed by atoms with Crippen molar-refractivity contribution in [3.63, 3.8) is 0 Å². The number of carboxylic acid groups (broad SMARTS) is 1. The smallest absolute Gasteiger partial charge is 0.325 e. The highest BCUT2D eigenvalue weighted by Gasteiger charge is 2.28. The van der Waals surface area contributed by atoms with Gasteiger partial charge in [-0.2, -0.15) is 0 Å². The van der Waals surface area contributed by atoms with E-state index in [9.17, 15) is 24.0 Å². The number of carbonyl (C=O) groups excluding carboxylic acids is 4. The third-order valence-electron chi connectivity index (χ3n) is 3.06. The van der Waals surface area contributed by atoms with Crippen LogP contribution in [0.3, 0.4) is 0 Å². The Labute approximate surface area is 143 Å². The highest BCUT2D eigenvalue weighted by Crippen LogP contribution is 2.00. The lowest BCUT2D eigenvalue weighted by Gasteiger charge is -2.22. The Balaban J connectivity index is 5.04. The third-order valence-corrected chi connectivity index (χ3v) is 3.06. The summed E-state index contributed by atoms with van der Waals surface area (Å²) in [4.78, 5) is 57.0. The number of hydrogen-bond donors (Lipinski definition) is 7. The summed E-state index contributed by atoms with van der Waals surface area (Å²) < 4.78 is 0. The van der Waals surface area contributed by atoms with Gasteiger partial charge < -0.3 is 37.6 Å². The Morgan fingerprint density at radius 3 is 2.00 bits per heavy atom. The van der Waals surface area contributed by atoms with Crippen molar-refractivity contribution in [2.45, 2.75) is 37.9 Å². The van der Waals surface area contributed by atoms with E-state index in [0.717, 1.165) is 0 Å². The van der Waals surface area contributed by atoms with Crippen LogP contribution in [0.25, 0.3) is 0 Å². The molecule has 0 radical (unpaired) electrons. The lowest BCUT2D eigenvalue weighted by atomic mass is 10.1. The first-order valence-corrected chi connectivity index (χ1v) is 7.34.